The van der Waals surface area contributed by atoms with Gasteiger partial charge < -0.3 is 15.2 Å². The van der Waals surface area contributed by atoms with Gasteiger partial charge in [0.05, 0.1) is 24.1 Å². The number of amides is 2. The molecule has 3 aromatic carbocycles. The Morgan fingerprint density at radius 3 is 2.47 bits per heavy atom. The van der Waals surface area contributed by atoms with E-state index in [-0.39, 0.29) is 23.6 Å². The molecule has 0 aliphatic carbocycles. The van der Waals surface area contributed by atoms with E-state index in [2.05, 4.69) is 15.8 Å². The lowest BCUT2D eigenvalue weighted by atomic mass is 10.1. The van der Waals surface area contributed by atoms with Crippen molar-refractivity contribution in [2.45, 2.75) is 13.3 Å². The standard InChI is InChI=1S/C22H20ClN3O4/c1-13(9-21(28)24-16-7-8-20(30-2)18(23)12-16)25-26-22(29)17-10-14-5-3-4-6-15(14)11-19(17)27/h3-8,10-12,27H,9H2,1-2H3,(H,24,28)(H,26,29)/b25-13+. The predicted molar refractivity (Wildman–Crippen MR) is 117 cm³/mol. The van der Waals surface area contributed by atoms with E-state index in [9.17, 15) is 14.7 Å². The van der Waals surface area contributed by atoms with Gasteiger partial charge in [0, 0.05) is 11.4 Å². The Morgan fingerprint density at radius 2 is 1.80 bits per heavy atom. The summed E-state index contributed by atoms with van der Waals surface area (Å²) in [6.07, 6.45) is -0.0341. The van der Waals surface area contributed by atoms with Crippen LogP contribution in [0.5, 0.6) is 11.5 Å². The fourth-order valence-electron chi connectivity index (χ4n) is 2.84. The van der Waals surface area contributed by atoms with Gasteiger partial charge in [0.15, 0.2) is 0 Å². The molecule has 3 N–H and O–H groups in total. The van der Waals surface area contributed by atoms with Crippen molar-refractivity contribution in [1.82, 2.24) is 5.43 Å². The summed E-state index contributed by atoms with van der Waals surface area (Å²) in [6, 6.07) is 15.4. The fraction of sp³-hybridized carbons (Fsp3) is 0.136. The zero-order valence-corrected chi connectivity index (χ0v) is 17.2. The lowest BCUT2D eigenvalue weighted by molar-refractivity contribution is -0.115. The summed E-state index contributed by atoms with van der Waals surface area (Å²) in [5, 5.41) is 18.8. The van der Waals surface area contributed by atoms with Crippen LogP contribution in [0.25, 0.3) is 10.8 Å². The summed E-state index contributed by atoms with van der Waals surface area (Å²) in [7, 11) is 1.51. The number of phenols is 1. The SMILES string of the molecule is COc1ccc(NC(=O)C/C(C)=N/NC(=O)c2cc3ccccc3cc2O)cc1Cl. The lowest BCUT2D eigenvalue weighted by Crippen LogP contribution is -2.21. The molecule has 0 atom stereocenters. The molecular formula is C22H20ClN3O4. The van der Waals surface area contributed by atoms with Gasteiger partial charge in [-0.05, 0) is 48.0 Å². The van der Waals surface area contributed by atoms with Crippen LogP contribution in [0.2, 0.25) is 5.02 Å². The van der Waals surface area contributed by atoms with Crippen LogP contribution in [-0.4, -0.2) is 29.7 Å². The third kappa shape index (κ3) is 5.07. The van der Waals surface area contributed by atoms with Crippen molar-refractivity contribution in [1.29, 1.82) is 0 Å². The third-order valence-electron chi connectivity index (χ3n) is 4.31. The van der Waals surface area contributed by atoms with Crippen LogP contribution < -0.4 is 15.5 Å². The molecule has 154 valence electrons. The lowest BCUT2D eigenvalue weighted by Gasteiger charge is -2.08. The second-order valence-corrected chi connectivity index (χ2v) is 6.99. The summed E-state index contributed by atoms with van der Waals surface area (Å²) in [4.78, 5) is 24.6. The Bertz CT molecular complexity index is 1140. The monoisotopic (exact) mass is 425 g/mol. The molecule has 7 nitrogen and oxygen atoms in total. The molecule has 3 aromatic rings. The van der Waals surface area contributed by atoms with Crippen molar-refractivity contribution >= 4 is 45.6 Å². The van der Waals surface area contributed by atoms with Crippen molar-refractivity contribution in [3.05, 3.63) is 65.2 Å². The van der Waals surface area contributed by atoms with Crippen molar-refractivity contribution in [3.8, 4) is 11.5 Å². The van der Waals surface area contributed by atoms with Gasteiger partial charge >= 0.3 is 0 Å². The number of hydrogen-bond donors (Lipinski definition) is 3. The number of carbonyl (C=O) groups excluding carboxylic acids is 2. The molecule has 0 aliphatic rings. The number of aromatic hydroxyl groups is 1. The summed E-state index contributed by atoms with van der Waals surface area (Å²) < 4.78 is 5.07. The molecule has 0 aliphatic heterocycles. The number of benzene rings is 3. The second-order valence-electron chi connectivity index (χ2n) is 6.58. The van der Waals surface area contributed by atoms with Crippen molar-refractivity contribution in [2.75, 3.05) is 12.4 Å². The Hall–Kier alpha value is -3.58. The number of methoxy groups -OCH3 is 1. The van der Waals surface area contributed by atoms with Gasteiger partial charge in [-0.25, -0.2) is 5.43 Å². The highest BCUT2D eigenvalue weighted by atomic mass is 35.5. The first-order valence-electron chi connectivity index (χ1n) is 9.06. The molecule has 0 unspecified atom stereocenters. The Balaban J connectivity index is 1.62. The molecule has 3 rings (SSSR count). The van der Waals surface area contributed by atoms with Crippen LogP contribution in [-0.2, 0) is 4.79 Å². The number of halogens is 1. The van der Waals surface area contributed by atoms with E-state index in [1.807, 2.05) is 24.3 Å². The van der Waals surface area contributed by atoms with Gasteiger partial charge in [0.1, 0.15) is 11.5 Å². The number of hydrazone groups is 1. The first kappa shape index (κ1) is 21.1. The predicted octanol–water partition coefficient (Wildman–Crippen LogP) is 4.34. The molecule has 30 heavy (non-hydrogen) atoms. The second kappa shape index (κ2) is 9.28. The fourth-order valence-corrected chi connectivity index (χ4v) is 3.10. The zero-order chi connectivity index (χ0) is 21.7. The molecule has 0 heterocycles. The van der Waals surface area contributed by atoms with Crippen molar-refractivity contribution < 1.29 is 19.4 Å². The number of ether oxygens (including phenoxy) is 1. The minimum atomic E-state index is -0.569. The number of rotatable bonds is 6. The smallest absolute Gasteiger partial charge is 0.275 e. The highest BCUT2D eigenvalue weighted by molar-refractivity contribution is 6.32. The quantitative estimate of drug-likeness (QED) is 0.404. The minimum Gasteiger partial charge on any atom is -0.507 e. The number of hydrogen-bond acceptors (Lipinski definition) is 5. The number of nitrogens with one attached hydrogen (secondary N) is 2. The van der Waals surface area contributed by atoms with Gasteiger partial charge in [-0.15, -0.1) is 0 Å². The van der Waals surface area contributed by atoms with Crippen molar-refractivity contribution in [2.24, 2.45) is 5.10 Å². The Labute approximate surface area is 178 Å². The molecule has 0 bridgehead atoms. The summed E-state index contributed by atoms with van der Waals surface area (Å²) in [5.41, 5.74) is 3.38. The van der Waals surface area contributed by atoms with Crippen LogP contribution >= 0.6 is 11.6 Å². The number of carbonyl (C=O) groups is 2. The molecule has 0 fully saturated rings. The summed E-state index contributed by atoms with van der Waals surface area (Å²) in [5.74, 6) is -0.527. The number of anilines is 1. The zero-order valence-electron chi connectivity index (χ0n) is 16.4. The molecule has 0 radical (unpaired) electrons. The van der Waals surface area contributed by atoms with E-state index in [0.717, 1.165) is 10.8 Å². The van der Waals surface area contributed by atoms with Gasteiger partial charge in [0.2, 0.25) is 5.91 Å². The number of nitrogens with zero attached hydrogens (tertiary/aromatic N) is 1. The Morgan fingerprint density at radius 1 is 1.10 bits per heavy atom. The minimum absolute atomic E-state index is 0.0341. The van der Waals surface area contributed by atoms with Crippen LogP contribution in [0, 0.1) is 0 Å². The molecule has 0 saturated carbocycles. The summed E-state index contributed by atoms with van der Waals surface area (Å²) in [6.45, 7) is 1.61. The van der Waals surface area contributed by atoms with Gasteiger partial charge in [0.25, 0.3) is 5.91 Å². The molecule has 8 heteroatoms. The van der Waals surface area contributed by atoms with E-state index in [1.54, 1.807) is 31.2 Å². The van der Waals surface area contributed by atoms with Gasteiger partial charge in [-0.1, -0.05) is 35.9 Å². The van der Waals surface area contributed by atoms with Crippen LogP contribution in [0.15, 0.2) is 59.7 Å². The van der Waals surface area contributed by atoms with E-state index in [1.165, 1.54) is 13.2 Å². The van der Waals surface area contributed by atoms with Gasteiger partial charge in [-0.3, -0.25) is 9.59 Å². The van der Waals surface area contributed by atoms with Crippen LogP contribution in [0.3, 0.4) is 0 Å². The molecule has 0 aromatic heterocycles. The number of fused-ring (bicyclic) bond motifs is 1. The van der Waals surface area contributed by atoms with E-state index in [0.29, 0.717) is 22.2 Å². The maximum atomic E-state index is 12.4. The maximum Gasteiger partial charge on any atom is 0.275 e. The normalized spacial score (nSPS) is 11.2. The Kier molecular flexibility index (Phi) is 6.54. The highest BCUT2D eigenvalue weighted by Gasteiger charge is 2.13. The van der Waals surface area contributed by atoms with Gasteiger partial charge in [-0.2, -0.15) is 5.10 Å². The molecular weight excluding hydrogens is 406 g/mol. The van der Waals surface area contributed by atoms with E-state index in [4.69, 9.17) is 16.3 Å². The average Bonchev–Trinajstić information content (AvgIpc) is 2.71. The van der Waals surface area contributed by atoms with Crippen LogP contribution in [0.4, 0.5) is 5.69 Å². The molecule has 0 spiro atoms. The van der Waals surface area contributed by atoms with E-state index >= 15 is 0 Å². The molecule has 2 amide bonds. The number of phenolic OH excluding ortho intramolecular Hbond substituents is 1. The van der Waals surface area contributed by atoms with E-state index < -0.39 is 5.91 Å². The first-order chi connectivity index (χ1) is 14.4. The largest absolute Gasteiger partial charge is 0.507 e. The highest BCUT2D eigenvalue weighted by Crippen LogP contribution is 2.27. The summed E-state index contributed by atoms with van der Waals surface area (Å²) >= 11 is 6.04. The molecule has 0 saturated heterocycles. The van der Waals surface area contributed by atoms with Crippen LogP contribution in [0.1, 0.15) is 23.7 Å². The first-order valence-corrected chi connectivity index (χ1v) is 9.44. The van der Waals surface area contributed by atoms with Crippen molar-refractivity contribution in [3.63, 3.8) is 0 Å². The average molecular weight is 426 g/mol. The third-order valence-corrected chi connectivity index (χ3v) is 4.60. The topological polar surface area (TPSA) is 100 Å². The maximum absolute atomic E-state index is 12.4.